The fourth-order valence-electron chi connectivity index (χ4n) is 6.90. The third kappa shape index (κ3) is 41.2. The Morgan fingerprint density at radius 2 is 1.02 bits per heavy atom. The summed E-state index contributed by atoms with van der Waals surface area (Å²) in [4.78, 5) is 23.2. The van der Waals surface area contributed by atoms with Crippen molar-refractivity contribution in [3.05, 3.63) is 24.3 Å². The number of nitrogens with zero attached hydrogens (tertiary/aromatic N) is 1. The zero-order valence-electron chi connectivity index (χ0n) is 37.6. The lowest BCUT2D eigenvalue weighted by Crippen LogP contribution is -2.46. The lowest BCUT2D eigenvalue weighted by molar-refractivity contribution is -0.870. The lowest BCUT2D eigenvalue weighted by atomic mass is 10.0. The predicted molar refractivity (Wildman–Crippen MR) is 240 cm³/mol. The molecule has 0 aromatic carbocycles. The highest BCUT2D eigenvalue weighted by Crippen LogP contribution is 2.43. The highest BCUT2D eigenvalue weighted by molar-refractivity contribution is 7.47. The number of carbonyl (C=O) groups is 1. The third-order valence-corrected chi connectivity index (χ3v) is 11.7. The van der Waals surface area contributed by atoms with Gasteiger partial charge in [0.05, 0.1) is 39.9 Å². The van der Waals surface area contributed by atoms with E-state index in [4.69, 9.17) is 9.05 Å². The Morgan fingerprint density at radius 3 is 1.50 bits per heavy atom. The van der Waals surface area contributed by atoms with E-state index in [9.17, 15) is 19.4 Å². The van der Waals surface area contributed by atoms with Crippen LogP contribution in [0.25, 0.3) is 0 Å². The van der Waals surface area contributed by atoms with Crippen LogP contribution in [0, 0.1) is 0 Å². The van der Waals surface area contributed by atoms with Crippen LogP contribution in [0.3, 0.4) is 0 Å². The summed E-state index contributed by atoms with van der Waals surface area (Å²) in [7, 11) is 1.62. The van der Waals surface area contributed by atoms with Crippen molar-refractivity contribution in [2.24, 2.45) is 0 Å². The van der Waals surface area contributed by atoms with E-state index in [1.807, 2.05) is 21.1 Å². The van der Waals surface area contributed by atoms with E-state index in [-0.39, 0.29) is 19.1 Å². The van der Waals surface area contributed by atoms with Gasteiger partial charge in [0.1, 0.15) is 13.2 Å². The number of unbranched alkanes of at least 4 members (excludes halogenated alkanes) is 26. The standard InChI is InChI=1S/C47H93N2O6P/c1-6-8-10-12-14-16-18-20-22-23-24-25-27-29-31-33-35-37-39-41-47(51)48-45(44-55-56(52,53)54-43-42-49(3,4)5)46(50)40-38-36-34-32-30-28-26-21-19-17-15-13-11-9-7-2/h14,16,20,22,45-46,50H,6-13,15,17-19,21,23-44H2,1-5H3,(H-,48,51,52,53)/p+1/b16-14-,22-20-. The number of hydrogen-bond donors (Lipinski definition) is 3. The Kier molecular flexibility index (Phi) is 38.7. The molecule has 332 valence electrons. The monoisotopic (exact) mass is 814 g/mol. The molecule has 1 amide bonds. The molecule has 3 atom stereocenters. The molecule has 0 bridgehead atoms. The number of phosphoric ester groups is 1. The average molecular weight is 814 g/mol. The lowest BCUT2D eigenvalue weighted by Gasteiger charge is -2.26. The van der Waals surface area contributed by atoms with Crippen LogP contribution >= 0.6 is 7.82 Å². The summed E-state index contributed by atoms with van der Waals surface area (Å²) < 4.78 is 23.7. The molecule has 0 saturated heterocycles. The Balaban J connectivity index is 4.31. The summed E-state index contributed by atoms with van der Waals surface area (Å²) >= 11 is 0. The van der Waals surface area contributed by atoms with Gasteiger partial charge in [0.25, 0.3) is 0 Å². The quantitative estimate of drug-likeness (QED) is 0.0245. The Morgan fingerprint density at radius 1 is 0.607 bits per heavy atom. The van der Waals surface area contributed by atoms with E-state index in [0.717, 1.165) is 44.9 Å². The highest BCUT2D eigenvalue weighted by Gasteiger charge is 2.28. The molecule has 56 heavy (non-hydrogen) atoms. The van der Waals surface area contributed by atoms with Gasteiger partial charge in [-0.2, -0.15) is 0 Å². The van der Waals surface area contributed by atoms with E-state index in [1.54, 1.807) is 0 Å². The first-order valence-electron chi connectivity index (χ1n) is 23.7. The van der Waals surface area contributed by atoms with E-state index in [2.05, 4.69) is 43.5 Å². The molecule has 0 aliphatic carbocycles. The van der Waals surface area contributed by atoms with Gasteiger partial charge >= 0.3 is 7.82 Å². The number of rotatable bonds is 43. The normalized spacial score (nSPS) is 14.5. The van der Waals surface area contributed by atoms with Crippen LogP contribution < -0.4 is 5.32 Å². The van der Waals surface area contributed by atoms with Gasteiger partial charge in [-0.3, -0.25) is 13.8 Å². The van der Waals surface area contributed by atoms with Crippen molar-refractivity contribution in [3.8, 4) is 0 Å². The highest BCUT2D eigenvalue weighted by atomic mass is 31.2. The molecule has 0 saturated carbocycles. The molecule has 9 heteroatoms. The van der Waals surface area contributed by atoms with Gasteiger partial charge in [0.2, 0.25) is 5.91 Å². The number of likely N-dealkylation sites (N-methyl/N-ethyl adjacent to an activating group) is 1. The molecule has 0 aliphatic heterocycles. The number of carbonyl (C=O) groups excluding carboxylic acids is 1. The van der Waals surface area contributed by atoms with Gasteiger partial charge < -0.3 is 19.8 Å². The fraction of sp³-hybridized carbons (Fsp3) is 0.894. The zero-order chi connectivity index (χ0) is 41.4. The number of aliphatic hydroxyl groups is 1. The van der Waals surface area contributed by atoms with Gasteiger partial charge in [-0.15, -0.1) is 0 Å². The van der Waals surface area contributed by atoms with E-state index in [0.29, 0.717) is 23.9 Å². The molecular formula is C47H94N2O6P+. The minimum atomic E-state index is -4.31. The second-order valence-electron chi connectivity index (χ2n) is 17.5. The van der Waals surface area contributed by atoms with E-state index < -0.39 is 20.0 Å². The van der Waals surface area contributed by atoms with Crippen LogP contribution in [0.1, 0.15) is 219 Å². The van der Waals surface area contributed by atoms with Crippen molar-refractivity contribution in [1.82, 2.24) is 5.32 Å². The van der Waals surface area contributed by atoms with Crippen LogP contribution in [0.2, 0.25) is 0 Å². The molecule has 0 aliphatic rings. The molecule has 3 unspecified atom stereocenters. The molecular weight excluding hydrogens is 719 g/mol. The zero-order valence-corrected chi connectivity index (χ0v) is 38.5. The van der Waals surface area contributed by atoms with Gasteiger partial charge in [0.15, 0.2) is 0 Å². The number of hydrogen-bond acceptors (Lipinski definition) is 5. The third-order valence-electron chi connectivity index (χ3n) is 10.7. The average Bonchev–Trinajstić information content (AvgIpc) is 3.15. The number of allylic oxidation sites excluding steroid dienone is 4. The minimum Gasteiger partial charge on any atom is -0.391 e. The van der Waals surface area contributed by atoms with Gasteiger partial charge in [-0.1, -0.05) is 192 Å². The van der Waals surface area contributed by atoms with Crippen LogP contribution in [0.15, 0.2) is 24.3 Å². The molecule has 3 N–H and O–H groups in total. The number of aliphatic hydroxyl groups excluding tert-OH is 1. The first-order valence-corrected chi connectivity index (χ1v) is 25.2. The molecule has 0 aromatic rings. The molecule has 0 radical (unpaired) electrons. The number of amides is 1. The smallest absolute Gasteiger partial charge is 0.391 e. The maximum Gasteiger partial charge on any atom is 0.472 e. The molecule has 0 spiro atoms. The van der Waals surface area contributed by atoms with Crippen molar-refractivity contribution in [2.45, 2.75) is 231 Å². The van der Waals surface area contributed by atoms with Gasteiger partial charge in [0, 0.05) is 6.42 Å². The Labute approximate surface area is 347 Å². The number of quaternary nitrogens is 1. The van der Waals surface area contributed by atoms with Crippen LogP contribution in [-0.4, -0.2) is 73.4 Å². The summed E-state index contributed by atoms with van der Waals surface area (Å²) in [6.45, 7) is 4.87. The second-order valence-corrected chi connectivity index (χ2v) is 18.9. The second kappa shape index (κ2) is 39.4. The maximum absolute atomic E-state index is 12.9. The first-order chi connectivity index (χ1) is 27.0. The molecule has 0 aromatic heterocycles. The van der Waals surface area contributed by atoms with E-state index in [1.165, 1.54) is 148 Å². The van der Waals surface area contributed by atoms with Crippen molar-refractivity contribution in [2.75, 3.05) is 40.9 Å². The minimum absolute atomic E-state index is 0.0746. The molecule has 8 nitrogen and oxygen atoms in total. The van der Waals surface area contributed by atoms with Crippen molar-refractivity contribution in [1.29, 1.82) is 0 Å². The largest absolute Gasteiger partial charge is 0.472 e. The van der Waals surface area contributed by atoms with Gasteiger partial charge in [-0.05, 0) is 44.9 Å². The van der Waals surface area contributed by atoms with Crippen molar-refractivity contribution in [3.63, 3.8) is 0 Å². The molecule has 0 heterocycles. The fourth-order valence-corrected chi connectivity index (χ4v) is 7.64. The van der Waals surface area contributed by atoms with Crippen molar-refractivity contribution < 1.29 is 32.9 Å². The molecule has 0 rings (SSSR count). The number of nitrogens with one attached hydrogen (secondary N) is 1. The van der Waals surface area contributed by atoms with E-state index >= 15 is 0 Å². The summed E-state index contributed by atoms with van der Waals surface area (Å²) in [6, 6.07) is -0.760. The summed E-state index contributed by atoms with van der Waals surface area (Å²) in [5.74, 6) is -0.148. The summed E-state index contributed by atoms with van der Waals surface area (Å²) in [5, 5.41) is 14.0. The topological polar surface area (TPSA) is 105 Å². The van der Waals surface area contributed by atoms with Crippen LogP contribution in [0.4, 0.5) is 0 Å². The van der Waals surface area contributed by atoms with Gasteiger partial charge in [-0.25, -0.2) is 4.57 Å². The summed E-state index contributed by atoms with van der Waals surface area (Å²) in [6.07, 6.45) is 46.2. The first kappa shape index (κ1) is 55.0. The van der Waals surface area contributed by atoms with Crippen molar-refractivity contribution >= 4 is 13.7 Å². The number of phosphoric acid groups is 1. The summed E-state index contributed by atoms with van der Waals surface area (Å²) in [5.41, 5.74) is 0. The predicted octanol–water partition coefficient (Wildman–Crippen LogP) is 13.3. The van der Waals surface area contributed by atoms with Crippen LogP contribution in [0.5, 0.6) is 0 Å². The SMILES string of the molecule is CCCCC/C=C\C/C=C\CCCCCCCCCCCC(=O)NC(COP(=O)(O)OCC[N+](C)(C)C)C(O)CCCCCCCCCCCCCCCCC. The van der Waals surface area contributed by atoms with Crippen LogP contribution in [-0.2, 0) is 18.4 Å². The Bertz CT molecular complexity index is 969. The molecule has 0 fully saturated rings. The Hall–Kier alpha value is -1.02. The maximum atomic E-state index is 12.9.